The zero-order chi connectivity index (χ0) is 14.9. The Kier molecular flexibility index (Phi) is 6.22. The third-order valence-electron chi connectivity index (χ3n) is 3.21. The summed E-state index contributed by atoms with van der Waals surface area (Å²) in [6.07, 6.45) is 4.65. The zero-order valence-electron chi connectivity index (χ0n) is 12.8. The van der Waals surface area contributed by atoms with Crippen LogP contribution in [0.5, 0.6) is 5.75 Å². The Morgan fingerprint density at radius 3 is 2.71 bits per heavy atom. The third kappa shape index (κ3) is 5.95. The molecule has 1 aromatic carbocycles. The fraction of sp³-hybridized carbons (Fsp3) is 0.500. The molecule has 21 heavy (non-hydrogen) atoms. The number of nitrogens with zero attached hydrogens (tertiary/aromatic N) is 3. The Labute approximate surface area is 126 Å². The van der Waals surface area contributed by atoms with E-state index in [0.717, 1.165) is 38.4 Å². The molecule has 2 aromatic rings. The van der Waals surface area contributed by atoms with E-state index in [1.807, 2.05) is 23.0 Å². The van der Waals surface area contributed by atoms with Crippen LogP contribution in [0.25, 0.3) is 0 Å². The second-order valence-corrected chi connectivity index (χ2v) is 5.52. The lowest BCUT2D eigenvalue weighted by Crippen LogP contribution is -2.19. The van der Waals surface area contributed by atoms with E-state index in [0.29, 0.717) is 5.92 Å². The number of benzene rings is 1. The molecule has 0 fully saturated rings. The average Bonchev–Trinajstić information content (AvgIpc) is 2.98. The second-order valence-electron chi connectivity index (χ2n) is 5.52. The lowest BCUT2D eigenvalue weighted by atomic mass is 10.1. The van der Waals surface area contributed by atoms with E-state index in [1.54, 1.807) is 6.20 Å². The maximum absolute atomic E-state index is 5.71. The summed E-state index contributed by atoms with van der Waals surface area (Å²) in [5, 5.41) is 11.1. The Morgan fingerprint density at radius 1 is 1.24 bits per heavy atom. The highest BCUT2D eigenvalue weighted by atomic mass is 16.5. The summed E-state index contributed by atoms with van der Waals surface area (Å²) in [4.78, 5) is 0. The summed E-state index contributed by atoms with van der Waals surface area (Å²) in [5.41, 5.74) is 1.25. The van der Waals surface area contributed by atoms with Crippen molar-refractivity contribution in [1.82, 2.24) is 20.3 Å². The van der Waals surface area contributed by atoms with E-state index in [4.69, 9.17) is 4.74 Å². The minimum atomic E-state index is 0.679. The number of nitrogens with one attached hydrogen (secondary N) is 1. The van der Waals surface area contributed by atoms with Crippen LogP contribution in [0.15, 0.2) is 36.7 Å². The summed E-state index contributed by atoms with van der Waals surface area (Å²) >= 11 is 0. The Balaban J connectivity index is 1.65. The maximum Gasteiger partial charge on any atom is 0.119 e. The Bertz CT molecular complexity index is 494. The fourth-order valence-corrected chi connectivity index (χ4v) is 1.89. The summed E-state index contributed by atoms with van der Waals surface area (Å²) in [5.74, 6) is 1.63. The summed E-state index contributed by atoms with van der Waals surface area (Å²) in [7, 11) is 0. The van der Waals surface area contributed by atoms with Crippen LogP contribution in [0, 0.1) is 5.92 Å². The molecule has 1 aromatic heterocycles. The molecule has 114 valence electrons. The van der Waals surface area contributed by atoms with Crippen LogP contribution in [0.4, 0.5) is 0 Å². The van der Waals surface area contributed by atoms with Crippen LogP contribution in [0.3, 0.4) is 0 Å². The molecule has 0 unspecified atom stereocenters. The molecule has 0 bridgehead atoms. The van der Waals surface area contributed by atoms with Gasteiger partial charge in [0, 0.05) is 19.3 Å². The quantitative estimate of drug-likeness (QED) is 0.720. The van der Waals surface area contributed by atoms with E-state index >= 15 is 0 Å². The third-order valence-corrected chi connectivity index (χ3v) is 3.21. The minimum Gasteiger partial charge on any atom is -0.494 e. The lowest BCUT2D eigenvalue weighted by Gasteiger charge is -2.09. The van der Waals surface area contributed by atoms with Crippen LogP contribution >= 0.6 is 0 Å². The largest absolute Gasteiger partial charge is 0.494 e. The molecule has 0 aliphatic rings. The predicted molar refractivity (Wildman–Crippen MR) is 83.1 cm³/mol. The molecule has 0 saturated carbocycles. The van der Waals surface area contributed by atoms with Gasteiger partial charge < -0.3 is 10.1 Å². The highest BCUT2D eigenvalue weighted by molar-refractivity contribution is 5.27. The van der Waals surface area contributed by atoms with Gasteiger partial charge in [0.1, 0.15) is 5.75 Å². The van der Waals surface area contributed by atoms with Crippen LogP contribution < -0.4 is 10.1 Å². The number of hydrogen-bond acceptors (Lipinski definition) is 4. The highest BCUT2D eigenvalue weighted by Crippen LogP contribution is 2.13. The van der Waals surface area contributed by atoms with E-state index in [1.165, 1.54) is 5.56 Å². The fourth-order valence-electron chi connectivity index (χ4n) is 1.89. The zero-order valence-corrected chi connectivity index (χ0v) is 12.8. The van der Waals surface area contributed by atoms with Crippen LogP contribution in [-0.4, -0.2) is 28.1 Å². The predicted octanol–water partition coefficient (Wildman–Crippen LogP) is 2.49. The summed E-state index contributed by atoms with van der Waals surface area (Å²) in [6, 6.07) is 8.28. The van der Waals surface area contributed by atoms with Crippen molar-refractivity contribution in [2.75, 3.05) is 13.2 Å². The van der Waals surface area contributed by atoms with Gasteiger partial charge in [0.15, 0.2) is 0 Å². The molecule has 0 aliphatic heterocycles. The maximum atomic E-state index is 5.71. The smallest absolute Gasteiger partial charge is 0.119 e. The Morgan fingerprint density at radius 2 is 2.05 bits per heavy atom. The van der Waals surface area contributed by atoms with E-state index < -0.39 is 0 Å². The number of ether oxygens (including phenoxy) is 1. The van der Waals surface area contributed by atoms with Gasteiger partial charge in [0.2, 0.25) is 0 Å². The van der Waals surface area contributed by atoms with Gasteiger partial charge in [-0.1, -0.05) is 31.2 Å². The molecule has 2 rings (SSSR count). The molecule has 0 spiro atoms. The molecule has 0 radical (unpaired) electrons. The van der Waals surface area contributed by atoms with E-state index in [9.17, 15) is 0 Å². The van der Waals surface area contributed by atoms with Gasteiger partial charge in [-0.3, -0.25) is 4.68 Å². The molecule has 1 N–H and O–H groups in total. The molecule has 1 heterocycles. The van der Waals surface area contributed by atoms with Crippen LogP contribution in [0.1, 0.15) is 25.8 Å². The van der Waals surface area contributed by atoms with Crippen LogP contribution in [-0.2, 0) is 13.1 Å². The molecule has 0 aliphatic carbocycles. The first-order valence-corrected chi connectivity index (χ1v) is 7.50. The van der Waals surface area contributed by atoms with Gasteiger partial charge in [0.25, 0.3) is 0 Å². The van der Waals surface area contributed by atoms with Gasteiger partial charge >= 0.3 is 0 Å². The molecule has 5 heteroatoms. The lowest BCUT2D eigenvalue weighted by molar-refractivity contribution is 0.289. The van der Waals surface area contributed by atoms with Crippen molar-refractivity contribution in [1.29, 1.82) is 0 Å². The summed E-state index contributed by atoms with van der Waals surface area (Å²) < 4.78 is 7.53. The molecule has 0 atom stereocenters. The SMILES string of the molecule is CC(C)CCOc1ccc(CNCCn2ccnn2)cc1. The first-order chi connectivity index (χ1) is 10.2. The van der Waals surface area contributed by atoms with E-state index in [2.05, 4.69) is 41.6 Å². The average molecular weight is 288 g/mol. The van der Waals surface area contributed by atoms with Crippen molar-refractivity contribution in [3.05, 3.63) is 42.2 Å². The van der Waals surface area contributed by atoms with Crippen molar-refractivity contribution in [3.8, 4) is 5.75 Å². The number of rotatable bonds is 9. The normalized spacial score (nSPS) is 11.0. The second kappa shape index (κ2) is 8.42. The van der Waals surface area contributed by atoms with Gasteiger partial charge in [-0.2, -0.15) is 0 Å². The molecule has 0 saturated heterocycles. The molecule has 0 amide bonds. The Hall–Kier alpha value is -1.88. The van der Waals surface area contributed by atoms with Gasteiger partial charge in [-0.15, -0.1) is 5.10 Å². The molecule has 5 nitrogen and oxygen atoms in total. The van der Waals surface area contributed by atoms with Crippen molar-refractivity contribution >= 4 is 0 Å². The monoisotopic (exact) mass is 288 g/mol. The van der Waals surface area contributed by atoms with Crippen molar-refractivity contribution in [2.24, 2.45) is 5.92 Å². The number of hydrogen-bond donors (Lipinski definition) is 1. The van der Waals surface area contributed by atoms with Gasteiger partial charge in [-0.05, 0) is 30.0 Å². The van der Waals surface area contributed by atoms with Crippen molar-refractivity contribution < 1.29 is 4.74 Å². The van der Waals surface area contributed by atoms with Crippen molar-refractivity contribution in [2.45, 2.75) is 33.4 Å². The first-order valence-electron chi connectivity index (χ1n) is 7.50. The summed E-state index contributed by atoms with van der Waals surface area (Å²) in [6.45, 7) is 7.75. The number of aromatic nitrogens is 3. The minimum absolute atomic E-state index is 0.679. The highest BCUT2D eigenvalue weighted by Gasteiger charge is 1.98. The topological polar surface area (TPSA) is 52.0 Å². The van der Waals surface area contributed by atoms with Crippen LogP contribution in [0.2, 0.25) is 0 Å². The van der Waals surface area contributed by atoms with E-state index in [-0.39, 0.29) is 0 Å². The van der Waals surface area contributed by atoms with Gasteiger partial charge in [0.05, 0.1) is 19.3 Å². The first kappa shape index (κ1) is 15.5. The van der Waals surface area contributed by atoms with Gasteiger partial charge in [-0.25, -0.2) is 0 Å². The molecular formula is C16H24N4O. The molecular weight excluding hydrogens is 264 g/mol. The van der Waals surface area contributed by atoms with Crippen molar-refractivity contribution in [3.63, 3.8) is 0 Å². The standard InChI is InChI=1S/C16H24N4O/c1-14(2)7-12-21-16-5-3-15(4-6-16)13-17-8-10-20-11-9-18-19-20/h3-6,9,11,14,17H,7-8,10,12-13H2,1-2H3.